The highest BCUT2D eigenvalue weighted by atomic mass is 15.1. The second-order valence-electron chi connectivity index (χ2n) is 15.8. The number of anilines is 3. The first-order chi connectivity index (χ1) is 30.0. The summed E-state index contributed by atoms with van der Waals surface area (Å²) in [5, 5.41) is 1.28. The first-order valence-corrected chi connectivity index (χ1v) is 22.1. The highest BCUT2D eigenvalue weighted by molar-refractivity contribution is 6.02. The fourth-order valence-electron chi connectivity index (χ4n) is 10.2. The Morgan fingerprint density at radius 1 is 0.623 bits per heavy atom. The molecule has 7 aromatic carbocycles. The zero-order valence-electron chi connectivity index (χ0n) is 36.3. The van der Waals surface area contributed by atoms with Crippen molar-refractivity contribution in [2.24, 2.45) is 0 Å². The number of rotatable bonds is 9. The molecule has 61 heavy (non-hydrogen) atoms. The molecule has 0 amide bonds. The first-order valence-electron chi connectivity index (χ1n) is 22.1. The van der Waals surface area contributed by atoms with Crippen LogP contribution in [0.3, 0.4) is 0 Å². The molecule has 0 saturated heterocycles. The van der Waals surface area contributed by atoms with E-state index in [-0.39, 0.29) is 0 Å². The molecule has 0 N–H and O–H groups in total. The highest BCUT2D eigenvalue weighted by Crippen LogP contribution is 2.65. The van der Waals surface area contributed by atoms with Crippen LogP contribution in [-0.2, 0) is 11.8 Å². The van der Waals surface area contributed by atoms with Gasteiger partial charge in [0.05, 0.1) is 16.6 Å². The summed E-state index contributed by atoms with van der Waals surface area (Å²) in [5.41, 5.74) is 21.6. The number of allylic oxidation sites excluding steroid dienone is 2. The summed E-state index contributed by atoms with van der Waals surface area (Å²) in [5.74, 6) is 0. The maximum atomic E-state index is 4.57. The molecule has 2 aliphatic rings. The number of fused-ring (bicyclic) bond motifs is 11. The minimum absolute atomic E-state index is 0.583. The number of aryl methyl sites for hydroxylation is 2. The number of hydrogen-bond acceptors (Lipinski definition) is 1. The summed E-state index contributed by atoms with van der Waals surface area (Å²) in [6, 6.07) is 56.7. The van der Waals surface area contributed by atoms with Crippen molar-refractivity contribution in [3.63, 3.8) is 0 Å². The Morgan fingerprint density at radius 2 is 1.26 bits per heavy atom. The van der Waals surface area contributed by atoms with Crippen molar-refractivity contribution < 1.29 is 0 Å². The smallest absolute Gasteiger partial charge is 0.0727 e. The van der Waals surface area contributed by atoms with E-state index in [1.165, 1.54) is 72.2 Å². The Balaban J connectivity index is 0.00000235. The second-order valence-corrected chi connectivity index (χ2v) is 15.8. The third-order valence-corrected chi connectivity index (χ3v) is 12.8. The second kappa shape index (κ2) is 16.3. The van der Waals surface area contributed by atoms with Crippen LogP contribution in [0, 0.1) is 6.92 Å². The molecule has 10 rings (SSSR count). The van der Waals surface area contributed by atoms with Crippen LogP contribution in [0.25, 0.3) is 57.1 Å². The Labute approximate surface area is 362 Å². The van der Waals surface area contributed by atoms with E-state index >= 15 is 0 Å². The van der Waals surface area contributed by atoms with Gasteiger partial charge in [-0.2, -0.15) is 0 Å². The summed E-state index contributed by atoms with van der Waals surface area (Å²) < 4.78 is 2.47. The van der Waals surface area contributed by atoms with E-state index < -0.39 is 5.41 Å². The predicted molar refractivity (Wildman–Crippen MR) is 264 cm³/mol. The van der Waals surface area contributed by atoms with Crippen LogP contribution in [0.15, 0.2) is 170 Å². The molecule has 2 heteroatoms. The van der Waals surface area contributed by atoms with Crippen molar-refractivity contribution in [1.82, 2.24) is 4.57 Å². The molecule has 2 nitrogen and oxygen atoms in total. The molecule has 0 radical (unpaired) electrons. The number of para-hydroxylation sites is 2. The van der Waals surface area contributed by atoms with E-state index in [1.54, 1.807) is 0 Å². The topological polar surface area (TPSA) is 8.17 Å². The molecule has 0 aliphatic heterocycles. The van der Waals surface area contributed by atoms with Crippen molar-refractivity contribution >= 4 is 46.2 Å². The number of hydrogen-bond donors (Lipinski definition) is 0. The fourth-order valence-corrected chi connectivity index (χ4v) is 10.2. The van der Waals surface area contributed by atoms with Crippen LogP contribution < -0.4 is 4.90 Å². The van der Waals surface area contributed by atoms with E-state index in [1.807, 2.05) is 13.8 Å². The molecular weight excluding hydrogens is 737 g/mol. The summed E-state index contributed by atoms with van der Waals surface area (Å²) >= 11 is 0. The van der Waals surface area contributed by atoms with Crippen LogP contribution in [0.5, 0.6) is 0 Å². The van der Waals surface area contributed by atoms with Gasteiger partial charge in [-0.25, -0.2) is 0 Å². The van der Waals surface area contributed by atoms with Gasteiger partial charge in [0, 0.05) is 33.7 Å². The van der Waals surface area contributed by atoms with Gasteiger partial charge in [0.2, 0.25) is 0 Å². The van der Waals surface area contributed by atoms with Crippen molar-refractivity contribution in [3.05, 3.63) is 221 Å². The molecule has 0 unspecified atom stereocenters. The normalized spacial score (nSPS) is 13.0. The minimum Gasteiger partial charge on any atom is -0.310 e. The Hall–Kier alpha value is -6.90. The van der Waals surface area contributed by atoms with Gasteiger partial charge >= 0.3 is 0 Å². The summed E-state index contributed by atoms with van der Waals surface area (Å²) in [4.78, 5) is 2.44. The lowest BCUT2D eigenvalue weighted by Gasteiger charge is -2.34. The van der Waals surface area contributed by atoms with Gasteiger partial charge in [-0.1, -0.05) is 162 Å². The summed E-state index contributed by atoms with van der Waals surface area (Å²) in [7, 11) is 0. The summed E-state index contributed by atoms with van der Waals surface area (Å²) in [6.07, 6.45) is 13.1. The third-order valence-electron chi connectivity index (χ3n) is 12.8. The zero-order chi connectivity index (χ0) is 42.3. The number of aromatic nitrogens is 1. The van der Waals surface area contributed by atoms with Gasteiger partial charge in [-0.15, -0.1) is 0 Å². The van der Waals surface area contributed by atoms with Gasteiger partial charge < -0.3 is 9.47 Å². The van der Waals surface area contributed by atoms with Crippen molar-refractivity contribution in [3.8, 4) is 27.9 Å². The molecule has 0 bridgehead atoms. The zero-order valence-corrected chi connectivity index (χ0v) is 36.3. The van der Waals surface area contributed by atoms with Gasteiger partial charge in [0.15, 0.2) is 0 Å². The van der Waals surface area contributed by atoms with E-state index in [9.17, 15) is 0 Å². The molecule has 8 aromatic rings. The van der Waals surface area contributed by atoms with Crippen LogP contribution in [0.2, 0.25) is 0 Å². The molecule has 300 valence electrons. The number of benzene rings is 7. The largest absolute Gasteiger partial charge is 0.310 e. The van der Waals surface area contributed by atoms with Crippen LogP contribution in [0.4, 0.5) is 17.1 Å². The highest BCUT2D eigenvalue weighted by Gasteiger charge is 2.53. The van der Waals surface area contributed by atoms with Crippen LogP contribution in [0.1, 0.15) is 91.2 Å². The van der Waals surface area contributed by atoms with E-state index in [2.05, 4.69) is 226 Å². The van der Waals surface area contributed by atoms with E-state index in [0.717, 1.165) is 46.7 Å². The van der Waals surface area contributed by atoms with Gasteiger partial charge in [0.25, 0.3) is 0 Å². The minimum atomic E-state index is -0.583. The monoisotopic (exact) mass is 790 g/mol. The van der Waals surface area contributed by atoms with Crippen molar-refractivity contribution in [2.75, 3.05) is 4.90 Å². The maximum Gasteiger partial charge on any atom is 0.0727 e. The van der Waals surface area contributed by atoms with Gasteiger partial charge in [-0.05, 0) is 142 Å². The standard InChI is InChI=1S/C57H48N2.C2H6/c1-6-10-28-53-38(5)44-23-16-19-29-54(44)59(53)42-34-35-48-51(36-42)57(49-26-17-14-24-45(49)46-25-15-18-27-50(46)57)52-37-55(47(20-7-2)43(9-4)56(48)52)58(40-21-12-11-13-22-40)41-32-30-39(8-3)31-33-41;1-2/h7,9-37H,4,6,8H2,1-3,5H3;1-2H3/b20-7-,28-10-;. The fraction of sp³-hybridized carbons (Fsp3) is 0.153. The Bertz CT molecular complexity index is 2950. The van der Waals surface area contributed by atoms with E-state index in [4.69, 9.17) is 0 Å². The SMILES string of the molecule is C=Cc1c(/C=C\C)c(N(c2ccccc2)c2ccc(CC)cc2)cc2c1-c1ccc(-n3c(/C=C\CC)c(C)c4ccccc43)cc1C21c2ccccc2-c2ccccc21.CC. The third kappa shape index (κ3) is 5.99. The molecule has 0 fully saturated rings. The lowest BCUT2D eigenvalue weighted by Crippen LogP contribution is -2.26. The quantitative estimate of drug-likeness (QED) is 0.141. The summed E-state index contributed by atoms with van der Waals surface area (Å²) in [6.45, 7) is 17.4. The van der Waals surface area contributed by atoms with Crippen LogP contribution in [-0.4, -0.2) is 4.57 Å². The predicted octanol–water partition coefficient (Wildman–Crippen LogP) is 16.4. The van der Waals surface area contributed by atoms with Gasteiger partial charge in [0.1, 0.15) is 0 Å². The van der Waals surface area contributed by atoms with Gasteiger partial charge in [-0.3, -0.25) is 0 Å². The van der Waals surface area contributed by atoms with Crippen molar-refractivity contribution in [2.45, 2.75) is 59.8 Å². The lowest BCUT2D eigenvalue weighted by atomic mass is 9.70. The Morgan fingerprint density at radius 3 is 1.92 bits per heavy atom. The van der Waals surface area contributed by atoms with E-state index in [0.29, 0.717) is 0 Å². The first kappa shape index (κ1) is 39.6. The average molecular weight is 791 g/mol. The molecule has 2 aliphatic carbocycles. The molecule has 1 heterocycles. The molecular formula is C59H54N2. The lowest BCUT2D eigenvalue weighted by molar-refractivity contribution is 0.792. The average Bonchev–Trinajstić information content (AvgIpc) is 3.90. The molecule has 0 saturated carbocycles. The molecule has 1 spiro atoms. The number of nitrogens with zero attached hydrogens (tertiary/aromatic N) is 2. The molecule has 1 aromatic heterocycles. The molecule has 0 atom stereocenters. The van der Waals surface area contributed by atoms with Crippen LogP contribution >= 0.6 is 0 Å². The Kier molecular flexibility index (Phi) is 10.6. The maximum absolute atomic E-state index is 4.57. The van der Waals surface area contributed by atoms with Crippen molar-refractivity contribution in [1.29, 1.82) is 0 Å².